The van der Waals surface area contributed by atoms with Crippen LogP contribution in [0.4, 0.5) is 5.69 Å². The van der Waals surface area contributed by atoms with Crippen LogP contribution in [0.25, 0.3) is 17.0 Å². The average Bonchev–Trinajstić information content (AvgIpc) is 2.80. The first kappa shape index (κ1) is 19.8. The van der Waals surface area contributed by atoms with Gasteiger partial charge in [-0.05, 0) is 24.6 Å². The normalized spacial score (nSPS) is 13.7. The van der Waals surface area contributed by atoms with Crippen LogP contribution in [-0.4, -0.2) is 47.0 Å². The highest BCUT2D eigenvalue weighted by Gasteiger charge is 2.15. The highest BCUT2D eigenvalue weighted by molar-refractivity contribution is 6.03. The Bertz CT molecular complexity index is 1040. The number of nitrogens with zero attached hydrogens (tertiary/aromatic N) is 3. The topological polar surface area (TPSA) is 70.2 Å². The maximum atomic E-state index is 12.7. The molecule has 1 amide bonds. The van der Waals surface area contributed by atoms with Gasteiger partial charge >= 0.3 is 0 Å². The first-order valence-corrected chi connectivity index (χ1v) is 10.1. The van der Waals surface area contributed by atoms with Gasteiger partial charge in [-0.1, -0.05) is 49.0 Å². The first-order valence-electron chi connectivity index (χ1n) is 10.1. The Morgan fingerprint density at radius 1 is 1.07 bits per heavy atom. The zero-order valence-corrected chi connectivity index (χ0v) is 17.1. The Balaban J connectivity index is 1.53. The van der Waals surface area contributed by atoms with Gasteiger partial charge in [-0.15, -0.1) is 0 Å². The van der Waals surface area contributed by atoms with Gasteiger partial charge in [0.1, 0.15) is 5.69 Å². The number of para-hydroxylation sites is 1. The molecule has 0 aliphatic carbocycles. The third kappa shape index (κ3) is 4.39. The van der Waals surface area contributed by atoms with Crippen molar-refractivity contribution in [1.82, 2.24) is 20.2 Å². The molecule has 2 aromatic carbocycles. The minimum Gasteiger partial charge on any atom is -0.369 e. The van der Waals surface area contributed by atoms with Gasteiger partial charge in [0.2, 0.25) is 0 Å². The van der Waals surface area contributed by atoms with E-state index in [2.05, 4.69) is 32.1 Å². The Morgan fingerprint density at radius 3 is 2.47 bits per heavy atom. The van der Waals surface area contributed by atoms with Crippen LogP contribution >= 0.6 is 0 Å². The number of hydrogen-bond donors (Lipinski definition) is 2. The summed E-state index contributed by atoms with van der Waals surface area (Å²) in [6, 6.07) is 17.4. The van der Waals surface area contributed by atoms with Crippen molar-refractivity contribution in [2.45, 2.75) is 6.92 Å². The van der Waals surface area contributed by atoms with E-state index in [1.807, 2.05) is 54.6 Å². The summed E-state index contributed by atoms with van der Waals surface area (Å²) in [6.45, 7) is 9.92. The van der Waals surface area contributed by atoms with Crippen molar-refractivity contribution in [3.05, 3.63) is 84.3 Å². The lowest BCUT2D eigenvalue weighted by molar-refractivity contribution is 0.102. The van der Waals surface area contributed by atoms with Crippen molar-refractivity contribution < 1.29 is 4.79 Å². The summed E-state index contributed by atoms with van der Waals surface area (Å²) in [4.78, 5) is 24.0. The lowest BCUT2D eigenvalue weighted by Gasteiger charge is -2.31. The largest absolute Gasteiger partial charge is 0.369 e. The van der Waals surface area contributed by atoms with Crippen LogP contribution < -0.4 is 10.6 Å². The highest BCUT2D eigenvalue weighted by atomic mass is 16.1. The Morgan fingerprint density at radius 2 is 1.77 bits per heavy atom. The lowest BCUT2D eigenvalue weighted by atomic mass is 10.1. The van der Waals surface area contributed by atoms with Crippen LogP contribution in [0.1, 0.15) is 21.7 Å². The lowest BCUT2D eigenvalue weighted by Crippen LogP contribution is -2.42. The fourth-order valence-electron chi connectivity index (χ4n) is 3.47. The van der Waals surface area contributed by atoms with Gasteiger partial charge in [0.25, 0.3) is 5.91 Å². The third-order valence-electron chi connectivity index (χ3n) is 5.21. The zero-order chi connectivity index (χ0) is 20.9. The third-order valence-corrected chi connectivity index (χ3v) is 5.21. The van der Waals surface area contributed by atoms with Crippen LogP contribution in [0.15, 0.2) is 67.4 Å². The van der Waals surface area contributed by atoms with Gasteiger partial charge in [-0.3, -0.25) is 9.78 Å². The van der Waals surface area contributed by atoms with Crippen LogP contribution in [0.5, 0.6) is 0 Å². The number of benzene rings is 2. The predicted molar refractivity (Wildman–Crippen MR) is 120 cm³/mol. The van der Waals surface area contributed by atoms with Gasteiger partial charge < -0.3 is 15.5 Å². The van der Waals surface area contributed by atoms with Gasteiger partial charge in [-0.25, -0.2) is 4.98 Å². The molecule has 0 atom stereocenters. The van der Waals surface area contributed by atoms with E-state index < -0.39 is 0 Å². The molecule has 152 valence electrons. The number of hydrogen-bond acceptors (Lipinski definition) is 5. The molecule has 1 fully saturated rings. The average molecular weight is 399 g/mol. The second kappa shape index (κ2) is 8.88. The van der Waals surface area contributed by atoms with Crippen molar-refractivity contribution in [1.29, 1.82) is 0 Å². The quantitative estimate of drug-likeness (QED) is 0.686. The predicted octanol–water partition coefficient (Wildman–Crippen LogP) is 3.58. The molecule has 1 aliphatic rings. The van der Waals surface area contributed by atoms with E-state index in [0.29, 0.717) is 17.1 Å². The van der Waals surface area contributed by atoms with Crippen LogP contribution in [0, 0.1) is 6.92 Å². The second-order valence-electron chi connectivity index (χ2n) is 7.27. The summed E-state index contributed by atoms with van der Waals surface area (Å²) < 4.78 is 0. The second-order valence-corrected chi connectivity index (χ2v) is 7.27. The Kier molecular flexibility index (Phi) is 5.86. The summed E-state index contributed by atoms with van der Waals surface area (Å²) in [5, 5.41) is 6.23. The first-order chi connectivity index (χ1) is 14.6. The van der Waals surface area contributed by atoms with E-state index >= 15 is 0 Å². The summed E-state index contributed by atoms with van der Waals surface area (Å²) in [7, 11) is 0. The zero-order valence-electron chi connectivity index (χ0n) is 17.1. The van der Waals surface area contributed by atoms with E-state index in [9.17, 15) is 4.79 Å². The molecule has 30 heavy (non-hydrogen) atoms. The molecule has 0 unspecified atom stereocenters. The molecule has 3 aromatic rings. The molecule has 1 aliphatic heterocycles. The molecule has 1 aromatic heterocycles. The summed E-state index contributed by atoms with van der Waals surface area (Å²) in [5.41, 5.74) is 5.33. The summed E-state index contributed by atoms with van der Waals surface area (Å²) >= 11 is 0. The number of carbonyl (C=O) groups is 1. The number of anilines is 1. The molecule has 0 bridgehead atoms. The molecule has 0 saturated carbocycles. The number of amides is 1. The van der Waals surface area contributed by atoms with E-state index in [1.165, 1.54) is 0 Å². The van der Waals surface area contributed by atoms with Gasteiger partial charge in [-0.2, -0.15) is 0 Å². The molecule has 1 saturated heterocycles. The van der Waals surface area contributed by atoms with Gasteiger partial charge in [0.15, 0.2) is 0 Å². The minimum atomic E-state index is -0.267. The van der Waals surface area contributed by atoms with Gasteiger partial charge in [0, 0.05) is 43.1 Å². The Labute approximate surface area is 176 Å². The molecule has 2 heterocycles. The van der Waals surface area contributed by atoms with E-state index in [4.69, 9.17) is 0 Å². The van der Waals surface area contributed by atoms with Crippen molar-refractivity contribution in [2.75, 3.05) is 31.5 Å². The van der Waals surface area contributed by atoms with Crippen molar-refractivity contribution >= 4 is 17.3 Å². The van der Waals surface area contributed by atoms with Crippen molar-refractivity contribution in [3.8, 4) is 11.3 Å². The van der Waals surface area contributed by atoms with E-state index in [1.54, 1.807) is 13.1 Å². The maximum absolute atomic E-state index is 12.7. The molecule has 0 spiro atoms. The molecule has 2 N–H and O–H groups in total. The summed E-state index contributed by atoms with van der Waals surface area (Å²) in [5.74, 6) is -0.267. The SMILES string of the molecule is C=C(c1ccc(-c2cnc(C)c(C(=O)Nc3ccccc3)n2)cc1)N1CCNCC1. The minimum absolute atomic E-state index is 0.267. The highest BCUT2D eigenvalue weighted by Crippen LogP contribution is 2.23. The molecule has 4 rings (SSSR count). The fourth-order valence-corrected chi connectivity index (χ4v) is 3.47. The van der Waals surface area contributed by atoms with Crippen LogP contribution in [0.3, 0.4) is 0 Å². The number of aromatic nitrogens is 2. The molecular formula is C24H25N5O. The van der Waals surface area contributed by atoms with Crippen molar-refractivity contribution in [3.63, 3.8) is 0 Å². The number of aryl methyl sites for hydroxylation is 1. The van der Waals surface area contributed by atoms with Crippen LogP contribution in [-0.2, 0) is 0 Å². The summed E-state index contributed by atoms with van der Waals surface area (Å²) in [6.07, 6.45) is 1.70. The Hall–Kier alpha value is -3.51. The smallest absolute Gasteiger partial charge is 0.276 e. The number of rotatable bonds is 5. The number of carbonyl (C=O) groups excluding carboxylic acids is 1. The molecule has 6 nitrogen and oxygen atoms in total. The number of piperazine rings is 1. The van der Waals surface area contributed by atoms with Gasteiger partial charge in [0.05, 0.1) is 17.6 Å². The molecule has 0 radical (unpaired) electrons. The number of nitrogens with one attached hydrogen (secondary N) is 2. The standard InChI is InChI=1S/C24H25N5O/c1-17-23(24(30)27-21-6-4-3-5-7-21)28-22(16-26-17)20-10-8-19(9-11-20)18(2)29-14-12-25-13-15-29/h3-11,16,25H,2,12-15H2,1H3,(H,27,30). The fraction of sp³-hybridized carbons (Fsp3) is 0.208. The van der Waals surface area contributed by atoms with Crippen LogP contribution in [0.2, 0.25) is 0 Å². The van der Waals surface area contributed by atoms with E-state index in [-0.39, 0.29) is 5.91 Å². The molecule has 6 heteroatoms. The van der Waals surface area contributed by atoms with Crippen molar-refractivity contribution in [2.24, 2.45) is 0 Å². The van der Waals surface area contributed by atoms with E-state index in [0.717, 1.165) is 48.7 Å². The monoisotopic (exact) mass is 399 g/mol. The maximum Gasteiger partial charge on any atom is 0.276 e. The molecular weight excluding hydrogens is 374 g/mol.